The molecular weight excluding hydrogens is 352 g/mol. The van der Waals surface area contributed by atoms with Crippen molar-refractivity contribution in [3.63, 3.8) is 0 Å². The summed E-state index contributed by atoms with van der Waals surface area (Å²) in [5, 5.41) is 15.6. The number of nitrogen functional groups attached to an aromatic ring is 1. The molecule has 1 aromatic carbocycles. The van der Waals surface area contributed by atoms with Crippen LogP contribution in [0.25, 0.3) is 0 Å². The van der Waals surface area contributed by atoms with Gasteiger partial charge in [-0.15, -0.1) is 0 Å². The number of piperazine rings is 1. The number of nitrogens with two attached hydrogens (primary N) is 1. The van der Waals surface area contributed by atoms with Crippen LogP contribution in [0.5, 0.6) is 0 Å². The van der Waals surface area contributed by atoms with Crippen molar-refractivity contribution in [2.24, 2.45) is 0 Å². The van der Waals surface area contributed by atoms with Gasteiger partial charge < -0.3 is 26.2 Å². The zero-order chi connectivity index (χ0) is 20.1. The van der Waals surface area contributed by atoms with Crippen LogP contribution in [0.2, 0.25) is 0 Å². The van der Waals surface area contributed by atoms with Crippen LogP contribution >= 0.6 is 0 Å². The van der Waals surface area contributed by atoms with Gasteiger partial charge in [-0.3, -0.25) is 0 Å². The van der Waals surface area contributed by atoms with Crippen molar-refractivity contribution in [3.8, 4) is 6.07 Å². The molecule has 2 aromatic rings. The van der Waals surface area contributed by atoms with E-state index in [2.05, 4.69) is 49.5 Å². The van der Waals surface area contributed by atoms with Gasteiger partial charge in [-0.25, -0.2) is 4.98 Å². The second kappa shape index (κ2) is 8.76. The van der Waals surface area contributed by atoms with Crippen LogP contribution in [0.4, 0.5) is 28.8 Å². The number of rotatable bonds is 6. The summed E-state index contributed by atoms with van der Waals surface area (Å²) in [5.74, 6) is 0.914. The average Bonchev–Trinajstić information content (AvgIpc) is 2.69. The van der Waals surface area contributed by atoms with Crippen molar-refractivity contribution in [3.05, 3.63) is 30.0 Å². The lowest BCUT2D eigenvalue weighted by Crippen LogP contribution is -2.46. The lowest BCUT2D eigenvalue weighted by Gasteiger charge is -2.35. The summed E-state index contributed by atoms with van der Waals surface area (Å²) in [5.41, 5.74) is 9.21. The summed E-state index contributed by atoms with van der Waals surface area (Å²) >= 11 is 0. The number of anilines is 5. The molecule has 0 aliphatic carbocycles. The summed E-state index contributed by atoms with van der Waals surface area (Å²) < 4.78 is 0. The van der Waals surface area contributed by atoms with Gasteiger partial charge in [0.15, 0.2) is 0 Å². The molecule has 0 radical (unpaired) electrons. The van der Waals surface area contributed by atoms with E-state index in [1.807, 2.05) is 26.0 Å². The third-order valence-electron chi connectivity index (χ3n) is 4.80. The van der Waals surface area contributed by atoms with E-state index in [1.54, 1.807) is 0 Å². The summed E-state index contributed by atoms with van der Waals surface area (Å²) in [6.45, 7) is 11.4. The van der Waals surface area contributed by atoms with Crippen molar-refractivity contribution in [2.75, 3.05) is 54.0 Å². The monoisotopic (exact) mass is 380 g/mol. The fourth-order valence-electron chi connectivity index (χ4n) is 3.21. The molecule has 0 bridgehead atoms. The molecule has 3 rings (SSSR count). The van der Waals surface area contributed by atoms with Crippen LogP contribution in [0, 0.1) is 11.3 Å². The molecule has 0 unspecified atom stereocenters. The molecule has 1 fully saturated rings. The van der Waals surface area contributed by atoms with Gasteiger partial charge in [0.2, 0.25) is 5.95 Å². The molecular formula is C20H28N8. The van der Waals surface area contributed by atoms with Gasteiger partial charge in [0.1, 0.15) is 17.5 Å². The fraction of sp³-hybridized carbons (Fsp3) is 0.450. The maximum Gasteiger partial charge on any atom is 0.229 e. The second-order valence-electron chi connectivity index (χ2n) is 7.18. The van der Waals surface area contributed by atoms with E-state index in [1.165, 1.54) is 6.20 Å². The van der Waals surface area contributed by atoms with Crippen LogP contribution < -0.4 is 21.3 Å². The molecule has 0 amide bonds. The minimum atomic E-state index is 0.160. The minimum Gasteiger partial charge on any atom is -0.397 e. The normalized spacial score (nSPS) is 14.8. The summed E-state index contributed by atoms with van der Waals surface area (Å²) in [6.07, 6.45) is 1.51. The number of benzene rings is 1. The van der Waals surface area contributed by atoms with E-state index in [0.717, 1.165) is 44.1 Å². The van der Waals surface area contributed by atoms with Crippen molar-refractivity contribution < 1.29 is 0 Å². The Morgan fingerprint density at radius 3 is 2.61 bits per heavy atom. The average molecular weight is 381 g/mol. The Hall–Kier alpha value is -3.05. The first kappa shape index (κ1) is 19.7. The Morgan fingerprint density at radius 2 is 2.00 bits per heavy atom. The zero-order valence-corrected chi connectivity index (χ0v) is 16.7. The highest BCUT2D eigenvalue weighted by molar-refractivity contribution is 5.75. The number of nitrogens with zero attached hydrogens (tertiary/aromatic N) is 5. The molecule has 1 aromatic heterocycles. The first-order chi connectivity index (χ1) is 13.5. The van der Waals surface area contributed by atoms with Gasteiger partial charge in [0.25, 0.3) is 0 Å². The smallest absolute Gasteiger partial charge is 0.229 e. The van der Waals surface area contributed by atoms with Gasteiger partial charge in [-0.2, -0.15) is 10.2 Å². The van der Waals surface area contributed by atoms with E-state index < -0.39 is 0 Å². The molecule has 0 saturated carbocycles. The van der Waals surface area contributed by atoms with Crippen molar-refractivity contribution in [1.82, 2.24) is 14.9 Å². The Labute approximate surface area is 166 Å². The molecule has 2 heterocycles. The quantitative estimate of drug-likeness (QED) is 0.657. The maximum absolute atomic E-state index is 9.22. The Balaban J connectivity index is 1.74. The number of likely N-dealkylation sites (N-methyl/N-ethyl adjacent to an activating group) is 1. The predicted molar refractivity (Wildman–Crippen MR) is 114 cm³/mol. The number of hydrogen-bond acceptors (Lipinski definition) is 8. The first-order valence-electron chi connectivity index (χ1n) is 9.67. The number of hydrogen-bond donors (Lipinski definition) is 3. The summed E-state index contributed by atoms with van der Waals surface area (Å²) in [4.78, 5) is 13.5. The van der Waals surface area contributed by atoms with Crippen LogP contribution in [-0.4, -0.2) is 53.6 Å². The van der Waals surface area contributed by atoms with Crippen LogP contribution in [0.3, 0.4) is 0 Å². The van der Waals surface area contributed by atoms with Crippen molar-refractivity contribution in [2.45, 2.75) is 26.8 Å². The Morgan fingerprint density at radius 1 is 1.25 bits per heavy atom. The second-order valence-corrected chi connectivity index (χ2v) is 7.18. The predicted octanol–water partition coefficient (Wildman–Crippen LogP) is 2.64. The lowest BCUT2D eigenvalue weighted by atomic mass is 10.2. The van der Waals surface area contributed by atoms with Gasteiger partial charge in [-0.05, 0) is 38.6 Å². The number of nitrogens with one attached hydrogen (secondary N) is 2. The van der Waals surface area contributed by atoms with Gasteiger partial charge in [-0.1, -0.05) is 6.92 Å². The fourth-order valence-corrected chi connectivity index (χ4v) is 3.21. The van der Waals surface area contributed by atoms with Crippen molar-refractivity contribution in [1.29, 1.82) is 5.26 Å². The van der Waals surface area contributed by atoms with Gasteiger partial charge >= 0.3 is 0 Å². The molecule has 8 heteroatoms. The Bertz CT molecular complexity index is 850. The van der Waals surface area contributed by atoms with Crippen molar-refractivity contribution >= 4 is 28.8 Å². The highest BCUT2D eigenvalue weighted by Gasteiger charge is 2.17. The highest BCUT2D eigenvalue weighted by atomic mass is 15.3. The molecule has 1 aliphatic heterocycles. The van der Waals surface area contributed by atoms with Crippen LogP contribution in [-0.2, 0) is 0 Å². The van der Waals surface area contributed by atoms with Gasteiger partial charge in [0.05, 0.1) is 17.6 Å². The van der Waals surface area contributed by atoms with E-state index in [4.69, 9.17) is 5.73 Å². The third kappa shape index (κ3) is 4.61. The Kier molecular flexibility index (Phi) is 6.16. The molecule has 4 N–H and O–H groups in total. The maximum atomic E-state index is 9.22. The molecule has 1 aliphatic rings. The van der Waals surface area contributed by atoms with Crippen LogP contribution in [0.15, 0.2) is 24.4 Å². The van der Waals surface area contributed by atoms with E-state index in [-0.39, 0.29) is 6.04 Å². The SMILES string of the molecule is CCN1CCN(c2ccc(Nc3ncc(C#N)c(NC(C)C)n3)c(N)c2)CC1. The zero-order valence-electron chi connectivity index (χ0n) is 16.7. The summed E-state index contributed by atoms with van der Waals surface area (Å²) in [6, 6.07) is 8.27. The van der Waals surface area contributed by atoms with Crippen LogP contribution in [0.1, 0.15) is 26.3 Å². The molecule has 148 valence electrons. The van der Waals surface area contributed by atoms with Gasteiger partial charge in [0, 0.05) is 37.9 Å². The minimum absolute atomic E-state index is 0.160. The molecule has 8 nitrogen and oxygen atoms in total. The molecule has 0 atom stereocenters. The number of nitriles is 1. The summed E-state index contributed by atoms with van der Waals surface area (Å²) in [7, 11) is 0. The first-order valence-corrected chi connectivity index (χ1v) is 9.67. The highest BCUT2D eigenvalue weighted by Crippen LogP contribution is 2.28. The van der Waals surface area contributed by atoms with E-state index in [9.17, 15) is 5.26 Å². The third-order valence-corrected chi connectivity index (χ3v) is 4.80. The standard InChI is InChI=1S/C20H28N8/c1-4-27-7-9-28(10-8-27)16-5-6-18(17(22)11-16)25-20-23-13-15(12-21)19(26-20)24-14(2)3/h5-6,11,13-14H,4,7-10,22H2,1-3H3,(H2,23,24,25,26). The van der Waals surface area contributed by atoms with E-state index >= 15 is 0 Å². The number of aromatic nitrogens is 2. The largest absolute Gasteiger partial charge is 0.397 e. The molecule has 0 spiro atoms. The molecule has 1 saturated heterocycles. The molecule has 28 heavy (non-hydrogen) atoms. The lowest BCUT2D eigenvalue weighted by molar-refractivity contribution is 0.271. The topological polar surface area (TPSA) is 106 Å². The van der Waals surface area contributed by atoms with E-state index in [0.29, 0.717) is 23.0 Å².